The fourth-order valence-corrected chi connectivity index (χ4v) is 2.25. The van der Waals surface area contributed by atoms with Crippen molar-refractivity contribution in [3.8, 4) is 0 Å². The van der Waals surface area contributed by atoms with E-state index in [2.05, 4.69) is 4.74 Å². The maximum absolute atomic E-state index is 12.5. The number of ketones is 1. The predicted octanol–water partition coefficient (Wildman–Crippen LogP) is 2.05. The minimum atomic E-state index is -0.915. The highest BCUT2D eigenvalue weighted by Gasteiger charge is 2.45. The quantitative estimate of drug-likeness (QED) is 0.341. The molecule has 7 nitrogen and oxygen atoms in total. The lowest BCUT2D eigenvalue weighted by molar-refractivity contribution is -0.137. The fourth-order valence-electron chi connectivity index (χ4n) is 2.25. The number of methoxy groups -OCH3 is 1. The summed E-state index contributed by atoms with van der Waals surface area (Å²) >= 11 is 0. The number of rotatable bonds is 3. The first-order valence-electron chi connectivity index (χ1n) is 7.36. The Labute approximate surface area is 136 Å². The van der Waals surface area contributed by atoms with Gasteiger partial charge in [0.05, 0.1) is 19.8 Å². The highest BCUT2D eigenvalue weighted by atomic mass is 16.6. The van der Waals surface area contributed by atoms with Gasteiger partial charge in [0, 0.05) is 0 Å². The van der Waals surface area contributed by atoms with Crippen LogP contribution >= 0.6 is 0 Å². The van der Waals surface area contributed by atoms with Gasteiger partial charge >= 0.3 is 12.1 Å². The molecule has 0 bridgehead atoms. The molecule has 0 unspecified atom stereocenters. The first-order valence-corrected chi connectivity index (χ1v) is 7.36. The van der Waals surface area contributed by atoms with Crippen molar-refractivity contribution >= 4 is 17.8 Å². The largest absolute Gasteiger partial charge is 0.465 e. The first kappa shape index (κ1) is 19.2. The summed E-state index contributed by atoms with van der Waals surface area (Å²) in [7, 11) is 1.19. The van der Waals surface area contributed by atoms with E-state index >= 15 is 0 Å². The molecule has 1 aliphatic rings. The lowest BCUT2D eigenvalue weighted by Crippen LogP contribution is -2.49. The van der Waals surface area contributed by atoms with E-state index in [4.69, 9.17) is 9.47 Å². The van der Waals surface area contributed by atoms with Gasteiger partial charge in [-0.25, -0.2) is 9.59 Å². The Morgan fingerprint density at radius 1 is 1.26 bits per heavy atom. The van der Waals surface area contributed by atoms with Gasteiger partial charge < -0.3 is 14.2 Å². The van der Waals surface area contributed by atoms with E-state index in [1.807, 2.05) is 0 Å². The number of ether oxygens (including phenoxy) is 3. The van der Waals surface area contributed by atoms with Crippen molar-refractivity contribution in [1.82, 2.24) is 4.90 Å². The molecule has 1 amide bonds. The van der Waals surface area contributed by atoms with Crippen LogP contribution in [0.15, 0.2) is 11.6 Å². The summed E-state index contributed by atoms with van der Waals surface area (Å²) in [5, 5.41) is 0. The van der Waals surface area contributed by atoms with Crippen LogP contribution in [0.5, 0.6) is 0 Å². The Bertz CT molecular complexity index is 529. The van der Waals surface area contributed by atoms with Crippen LogP contribution in [0.3, 0.4) is 0 Å². The second kappa shape index (κ2) is 6.70. The number of carbonyl (C=O) groups excluding carboxylic acids is 3. The lowest BCUT2D eigenvalue weighted by Gasteiger charge is -2.34. The second-order valence-electron chi connectivity index (χ2n) is 6.80. The molecule has 1 heterocycles. The Kier molecular flexibility index (Phi) is 5.58. The number of hydrogen-bond acceptors (Lipinski definition) is 6. The smallest absolute Gasteiger partial charge is 0.413 e. The van der Waals surface area contributed by atoms with Crippen LogP contribution in [0.1, 0.15) is 41.5 Å². The van der Waals surface area contributed by atoms with Gasteiger partial charge in [-0.2, -0.15) is 0 Å². The van der Waals surface area contributed by atoms with Crippen molar-refractivity contribution in [1.29, 1.82) is 0 Å². The highest BCUT2D eigenvalue weighted by Crippen LogP contribution is 2.30. The number of nitrogens with zero attached hydrogens (tertiary/aromatic N) is 1. The van der Waals surface area contributed by atoms with Crippen LogP contribution in [0.25, 0.3) is 0 Å². The zero-order valence-corrected chi connectivity index (χ0v) is 14.8. The number of hydrogen-bond donors (Lipinski definition) is 0. The number of amides is 1. The summed E-state index contributed by atoms with van der Waals surface area (Å²) in [5.74, 6) is -1.18. The van der Waals surface area contributed by atoms with Crippen molar-refractivity contribution in [3.05, 3.63) is 11.6 Å². The van der Waals surface area contributed by atoms with Gasteiger partial charge in [-0.15, -0.1) is 0 Å². The standard InChI is InChI=1S/C16H25NO6/c1-10(18)12(13(19)21-7)8-11-9-22-16(5,6)17(11)14(20)23-15(2,3)4/h8,11H,9H2,1-7H3/b12-8-/t11-/m1/s1. The lowest BCUT2D eigenvalue weighted by atomic mass is 10.1. The first-order chi connectivity index (χ1) is 10.4. The van der Waals surface area contributed by atoms with Crippen molar-refractivity contribution in [3.63, 3.8) is 0 Å². The SMILES string of the molecule is COC(=O)/C(=C\[C@@H]1COC(C)(C)N1C(=O)OC(C)(C)C)C(C)=O. The average Bonchev–Trinajstić information content (AvgIpc) is 2.67. The number of esters is 1. The van der Waals surface area contributed by atoms with E-state index in [0.29, 0.717) is 0 Å². The Hall–Kier alpha value is -1.89. The molecule has 0 saturated carbocycles. The summed E-state index contributed by atoms with van der Waals surface area (Å²) in [4.78, 5) is 37.2. The molecule has 1 aliphatic heterocycles. The van der Waals surface area contributed by atoms with E-state index in [0.717, 1.165) is 0 Å². The molecule has 0 radical (unpaired) electrons. The molecular weight excluding hydrogens is 302 g/mol. The summed E-state index contributed by atoms with van der Waals surface area (Å²) in [6, 6.07) is -0.599. The van der Waals surface area contributed by atoms with Crippen molar-refractivity contribution in [2.75, 3.05) is 13.7 Å². The molecule has 0 aliphatic carbocycles. The van der Waals surface area contributed by atoms with Gasteiger partial charge in [0.2, 0.25) is 0 Å². The molecule has 130 valence electrons. The van der Waals surface area contributed by atoms with Gasteiger partial charge in [-0.1, -0.05) is 0 Å². The van der Waals surface area contributed by atoms with E-state index in [-0.39, 0.29) is 12.2 Å². The maximum atomic E-state index is 12.5. The van der Waals surface area contributed by atoms with Gasteiger partial charge in [-0.05, 0) is 47.6 Å². The molecule has 23 heavy (non-hydrogen) atoms. The maximum Gasteiger partial charge on any atom is 0.413 e. The van der Waals surface area contributed by atoms with Crippen LogP contribution in [0.4, 0.5) is 4.79 Å². The molecule has 1 saturated heterocycles. The van der Waals surface area contributed by atoms with E-state index in [1.165, 1.54) is 25.0 Å². The van der Waals surface area contributed by atoms with Gasteiger partial charge in [0.15, 0.2) is 5.78 Å². The van der Waals surface area contributed by atoms with E-state index in [9.17, 15) is 14.4 Å². The van der Waals surface area contributed by atoms with Crippen molar-refractivity contribution in [2.24, 2.45) is 0 Å². The van der Waals surface area contributed by atoms with Crippen LogP contribution in [-0.2, 0) is 23.8 Å². The monoisotopic (exact) mass is 327 g/mol. The third-order valence-electron chi connectivity index (χ3n) is 3.25. The van der Waals surface area contributed by atoms with E-state index < -0.39 is 35.2 Å². The zero-order valence-electron chi connectivity index (χ0n) is 14.8. The average molecular weight is 327 g/mol. The molecule has 0 aromatic rings. The molecule has 0 N–H and O–H groups in total. The number of carbonyl (C=O) groups is 3. The molecule has 1 rings (SSSR count). The predicted molar refractivity (Wildman–Crippen MR) is 82.7 cm³/mol. The van der Waals surface area contributed by atoms with Crippen molar-refractivity contribution < 1.29 is 28.6 Å². The second-order valence-corrected chi connectivity index (χ2v) is 6.80. The third-order valence-corrected chi connectivity index (χ3v) is 3.25. The summed E-state index contributed by atoms with van der Waals surface area (Å²) in [6.07, 6.45) is 0.821. The van der Waals surface area contributed by atoms with Gasteiger partial charge in [-0.3, -0.25) is 9.69 Å². The Morgan fingerprint density at radius 2 is 1.83 bits per heavy atom. The Morgan fingerprint density at radius 3 is 2.26 bits per heavy atom. The summed E-state index contributed by atoms with van der Waals surface area (Å²) < 4.78 is 15.6. The minimum absolute atomic E-state index is 0.118. The third kappa shape index (κ3) is 4.79. The molecule has 1 atom stereocenters. The summed E-state index contributed by atoms with van der Waals surface area (Å²) in [6.45, 7) is 10.1. The van der Waals surface area contributed by atoms with Crippen LogP contribution in [0.2, 0.25) is 0 Å². The molecule has 0 spiro atoms. The fraction of sp³-hybridized carbons (Fsp3) is 0.688. The van der Waals surface area contributed by atoms with Crippen LogP contribution in [0, 0.1) is 0 Å². The molecule has 1 fully saturated rings. The minimum Gasteiger partial charge on any atom is -0.465 e. The van der Waals surface area contributed by atoms with E-state index in [1.54, 1.807) is 34.6 Å². The summed E-state index contributed by atoms with van der Waals surface area (Å²) in [5.41, 5.74) is -1.70. The van der Waals surface area contributed by atoms with Gasteiger partial charge in [0.25, 0.3) is 0 Å². The Balaban J connectivity index is 3.16. The highest BCUT2D eigenvalue weighted by molar-refractivity contribution is 6.16. The molecule has 0 aromatic carbocycles. The normalized spacial score (nSPS) is 21.1. The van der Waals surface area contributed by atoms with Gasteiger partial charge in [0.1, 0.15) is 16.9 Å². The van der Waals surface area contributed by atoms with Crippen LogP contribution in [-0.4, -0.2) is 53.8 Å². The molecule has 7 heteroatoms. The molecule has 0 aromatic heterocycles. The number of Topliss-reactive ketones (excluding diaryl/α,β-unsaturated/α-hetero) is 1. The topological polar surface area (TPSA) is 82.1 Å². The zero-order chi connectivity index (χ0) is 18.0. The van der Waals surface area contributed by atoms with Crippen LogP contribution < -0.4 is 0 Å². The molecular formula is C16H25NO6. The van der Waals surface area contributed by atoms with Crippen molar-refractivity contribution in [2.45, 2.75) is 58.9 Å².